The van der Waals surface area contributed by atoms with Gasteiger partial charge in [-0.15, -0.1) is 0 Å². The molecule has 0 bridgehead atoms. The van der Waals surface area contributed by atoms with Crippen LogP contribution in [0.2, 0.25) is 0 Å². The maximum atomic E-state index is 12.5. The number of nitrogens with one attached hydrogen (secondary N) is 2. The highest BCUT2D eigenvalue weighted by Gasteiger charge is 2.16. The number of amides is 2. The zero-order valence-corrected chi connectivity index (χ0v) is 17.6. The van der Waals surface area contributed by atoms with E-state index in [2.05, 4.69) is 26.6 Å². The van der Waals surface area contributed by atoms with Crippen molar-refractivity contribution < 1.29 is 9.59 Å². The minimum absolute atomic E-state index is 0.0456. The quantitative estimate of drug-likeness (QED) is 0.481. The molecule has 2 amide bonds. The molecule has 2 N–H and O–H groups in total. The third kappa shape index (κ3) is 6.29. The fraction of sp³-hybridized carbons (Fsp3) is 0.167. The van der Waals surface area contributed by atoms with Crippen molar-refractivity contribution in [3.8, 4) is 0 Å². The summed E-state index contributed by atoms with van der Waals surface area (Å²) in [5, 5.41) is 5.98. The third-order valence-electron chi connectivity index (χ3n) is 4.54. The van der Waals surface area contributed by atoms with Gasteiger partial charge in [-0.05, 0) is 41.8 Å². The van der Waals surface area contributed by atoms with Gasteiger partial charge >= 0.3 is 0 Å². The molecule has 0 aliphatic heterocycles. The Morgan fingerprint density at radius 3 is 2.03 bits per heavy atom. The second-order valence-corrected chi connectivity index (χ2v) is 7.60. The molecule has 3 aromatic carbocycles. The van der Waals surface area contributed by atoms with Gasteiger partial charge in [-0.2, -0.15) is 0 Å². The summed E-state index contributed by atoms with van der Waals surface area (Å²) in [5.74, 6) is -0.168. The lowest BCUT2D eigenvalue weighted by atomic mass is 9.98. The van der Waals surface area contributed by atoms with E-state index in [-0.39, 0.29) is 17.9 Å². The Kier molecular flexibility index (Phi) is 7.59. The predicted octanol–water partition coefficient (Wildman–Crippen LogP) is 4.86. The first-order valence-electron chi connectivity index (χ1n) is 9.56. The number of halogens is 1. The van der Waals surface area contributed by atoms with E-state index in [4.69, 9.17) is 0 Å². The molecule has 0 saturated heterocycles. The van der Waals surface area contributed by atoms with Crippen molar-refractivity contribution in [3.63, 3.8) is 0 Å². The molecule has 0 saturated carbocycles. The van der Waals surface area contributed by atoms with Gasteiger partial charge in [-0.3, -0.25) is 9.59 Å². The van der Waals surface area contributed by atoms with Gasteiger partial charge in [-0.1, -0.05) is 76.6 Å². The van der Waals surface area contributed by atoms with Crippen LogP contribution in [0.4, 0.5) is 0 Å². The van der Waals surface area contributed by atoms with Gasteiger partial charge in [0, 0.05) is 23.0 Å². The van der Waals surface area contributed by atoms with Crippen LogP contribution in [0.1, 0.15) is 40.4 Å². The van der Waals surface area contributed by atoms with Crippen LogP contribution in [-0.2, 0) is 4.79 Å². The van der Waals surface area contributed by atoms with Crippen LogP contribution in [0.3, 0.4) is 0 Å². The molecule has 0 heterocycles. The van der Waals surface area contributed by atoms with Gasteiger partial charge < -0.3 is 10.6 Å². The lowest BCUT2D eigenvalue weighted by Gasteiger charge is -2.20. The van der Waals surface area contributed by atoms with Crippen LogP contribution in [0.15, 0.2) is 89.4 Å². The molecule has 0 aromatic heterocycles. The molecule has 0 radical (unpaired) electrons. The Morgan fingerprint density at radius 2 is 1.38 bits per heavy atom. The number of hydrogen-bond acceptors (Lipinski definition) is 2. The van der Waals surface area contributed by atoms with E-state index in [0.29, 0.717) is 24.9 Å². The van der Waals surface area contributed by atoms with Crippen molar-refractivity contribution in [1.29, 1.82) is 0 Å². The zero-order chi connectivity index (χ0) is 20.5. The molecule has 0 aliphatic rings. The van der Waals surface area contributed by atoms with Crippen molar-refractivity contribution in [2.45, 2.75) is 18.9 Å². The number of rotatable bonds is 8. The summed E-state index contributed by atoms with van der Waals surface area (Å²) in [7, 11) is 0. The average molecular weight is 451 g/mol. The second-order valence-electron chi connectivity index (χ2n) is 6.69. The summed E-state index contributed by atoms with van der Waals surface area (Å²) in [6, 6.07) is 26.7. The Balaban J connectivity index is 1.55. The highest BCUT2D eigenvalue weighted by molar-refractivity contribution is 9.10. The standard InChI is InChI=1S/C24H23BrN2O2/c25-21-15-13-19(14-16-21)23(18-8-3-1-4-9-18)27-22(28)12-7-17-26-24(29)20-10-5-2-6-11-20/h1-6,8-11,13-16,23H,7,12,17H2,(H,26,29)(H,27,28)/t23-/m1/s1. The van der Waals surface area contributed by atoms with Crippen molar-refractivity contribution in [3.05, 3.63) is 106 Å². The maximum Gasteiger partial charge on any atom is 0.251 e. The SMILES string of the molecule is O=C(CCCNC(=O)c1ccccc1)N[C@H](c1ccccc1)c1ccc(Br)cc1. The smallest absolute Gasteiger partial charge is 0.251 e. The number of benzene rings is 3. The van der Waals surface area contributed by atoms with E-state index < -0.39 is 0 Å². The van der Waals surface area contributed by atoms with E-state index in [1.54, 1.807) is 12.1 Å². The molecule has 1 atom stereocenters. The third-order valence-corrected chi connectivity index (χ3v) is 5.07. The van der Waals surface area contributed by atoms with Crippen molar-refractivity contribution in [2.24, 2.45) is 0 Å². The minimum atomic E-state index is -0.212. The first kappa shape index (κ1) is 20.8. The number of carbonyl (C=O) groups excluding carboxylic acids is 2. The van der Waals surface area contributed by atoms with Gasteiger partial charge in [0.25, 0.3) is 5.91 Å². The molecular weight excluding hydrogens is 428 g/mol. The molecule has 5 heteroatoms. The van der Waals surface area contributed by atoms with Crippen molar-refractivity contribution >= 4 is 27.7 Å². The molecular formula is C24H23BrN2O2. The number of hydrogen-bond donors (Lipinski definition) is 2. The Morgan fingerprint density at radius 1 is 0.793 bits per heavy atom. The van der Waals surface area contributed by atoms with E-state index in [1.807, 2.05) is 72.8 Å². The van der Waals surface area contributed by atoms with Gasteiger partial charge in [0.2, 0.25) is 5.91 Å². The van der Waals surface area contributed by atoms with Crippen LogP contribution in [-0.4, -0.2) is 18.4 Å². The first-order chi connectivity index (χ1) is 14.1. The summed E-state index contributed by atoms with van der Waals surface area (Å²) in [4.78, 5) is 24.6. The Hall–Kier alpha value is -2.92. The first-order valence-corrected chi connectivity index (χ1v) is 10.4. The predicted molar refractivity (Wildman–Crippen MR) is 119 cm³/mol. The lowest BCUT2D eigenvalue weighted by molar-refractivity contribution is -0.121. The highest BCUT2D eigenvalue weighted by atomic mass is 79.9. The van der Waals surface area contributed by atoms with Crippen LogP contribution >= 0.6 is 15.9 Å². The topological polar surface area (TPSA) is 58.2 Å². The fourth-order valence-electron chi connectivity index (χ4n) is 3.04. The van der Waals surface area contributed by atoms with Gasteiger partial charge in [-0.25, -0.2) is 0 Å². The van der Waals surface area contributed by atoms with Crippen LogP contribution in [0, 0.1) is 0 Å². The summed E-state index contributed by atoms with van der Waals surface area (Å²) in [6.45, 7) is 0.454. The van der Waals surface area contributed by atoms with Crippen LogP contribution in [0.25, 0.3) is 0 Å². The van der Waals surface area contributed by atoms with E-state index >= 15 is 0 Å². The average Bonchev–Trinajstić information content (AvgIpc) is 2.77. The molecule has 0 fully saturated rings. The lowest BCUT2D eigenvalue weighted by Crippen LogP contribution is -2.30. The summed E-state index contributed by atoms with van der Waals surface area (Å²) >= 11 is 3.45. The molecule has 4 nitrogen and oxygen atoms in total. The second kappa shape index (κ2) is 10.6. The fourth-order valence-corrected chi connectivity index (χ4v) is 3.30. The molecule has 3 aromatic rings. The molecule has 0 aliphatic carbocycles. The largest absolute Gasteiger partial charge is 0.352 e. The summed E-state index contributed by atoms with van der Waals surface area (Å²) < 4.78 is 0.994. The van der Waals surface area contributed by atoms with Crippen LogP contribution < -0.4 is 10.6 Å². The minimum Gasteiger partial charge on any atom is -0.352 e. The summed E-state index contributed by atoms with van der Waals surface area (Å²) in [6.07, 6.45) is 0.918. The number of carbonyl (C=O) groups is 2. The van der Waals surface area contributed by atoms with Gasteiger partial charge in [0.05, 0.1) is 6.04 Å². The normalized spacial score (nSPS) is 11.5. The van der Waals surface area contributed by atoms with Gasteiger partial charge in [0.1, 0.15) is 0 Å². The molecule has 0 unspecified atom stereocenters. The molecule has 0 spiro atoms. The zero-order valence-electron chi connectivity index (χ0n) is 16.0. The Bertz CT molecular complexity index is 928. The molecule has 148 valence electrons. The van der Waals surface area contributed by atoms with E-state index in [0.717, 1.165) is 15.6 Å². The molecule has 3 rings (SSSR count). The Labute approximate surface area is 179 Å². The van der Waals surface area contributed by atoms with Crippen LogP contribution in [0.5, 0.6) is 0 Å². The summed E-state index contributed by atoms with van der Waals surface area (Å²) in [5.41, 5.74) is 2.67. The van der Waals surface area contributed by atoms with Gasteiger partial charge in [0.15, 0.2) is 0 Å². The molecule has 29 heavy (non-hydrogen) atoms. The monoisotopic (exact) mass is 450 g/mol. The van der Waals surface area contributed by atoms with Crippen molar-refractivity contribution in [1.82, 2.24) is 10.6 Å². The van der Waals surface area contributed by atoms with E-state index in [1.165, 1.54) is 0 Å². The highest BCUT2D eigenvalue weighted by Crippen LogP contribution is 2.23. The van der Waals surface area contributed by atoms with E-state index in [9.17, 15) is 9.59 Å². The maximum absolute atomic E-state index is 12.5. The van der Waals surface area contributed by atoms with Crippen molar-refractivity contribution in [2.75, 3.05) is 6.54 Å².